The molecule has 4 aromatic heterocycles. The number of imidazole rings is 1. The Morgan fingerprint density at radius 2 is 2.05 bits per heavy atom. The van der Waals surface area contributed by atoms with Gasteiger partial charge >= 0.3 is 0 Å². The van der Waals surface area contributed by atoms with Crippen molar-refractivity contribution in [1.82, 2.24) is 35.5 Å². The zero-order chi connectivity index (χ0) is 26.3. The van der Waals surface area contributed by atoms with Gasteiger partial charge in [0.15, 0.2) is 5.82 Å². The number of hydrogen-bond acceptors (Lipinski definition) is 6. The SMILES string of the molecule is CCCCC(=O)N/C(C=NCC)=C/Cc1ccc2[nH]nc(-c3nc4c(-c5ccccn5)cncc4[nH]3)c2c1. The molecule has 0 saturated carbocycles. The van der Waals surface area contributed by atoms with Crippen LogP contribution in [0.1, 0.15) is 38.7 Å². The monoisotopic (exact) mass is 506 g/mol. The van der Waals surface area contributed by atoms with Gasteiger partial charge in [0, 0.05) is 42.5 Å². The van der Waals surface area contributed by atoms with E-state index in [-0.39, 0.29) is 5.91 Å². The lowest BCUT2D eigenvalue weighted by Crippen LogP contribution is -2.23. The number of fused-ring (bicyclic) bond motifs is 2. The van der Waals surface area contributed by atoms with Crippen LogP contribution in [0.3, 0.4) is 0 Å². The summed E-state index contributed by atoms with van der Waals surface area (Å²) in [6.45, 7) is 4.70. The van der Waals surface area contributed by atoms with Crippen molar-refractivity contribution in [2.24, 2.45) is 4.99 Å². The van der Waals surface area contributed by atoms with E-state index in [1.807, 2.05) is 37.3 Å². The summed E-state index contributed by atoms with van der Waals surface area (Å²) in [6, 6.07) is 11.9. The normalized spacial score (nSPS) is 12.1. The lowest BCUT2D eigenvalue weighted by atomic mass is 10.1. The quantitative estimate of drug-likeness (QED) is 0.219. The Morgan fingerprint density at radius 3 is 2.87 bits per heavy atom. The van der Waals surface area contributed by atoms with Crippen LogP contribution in [0.2, 0.25) is 0 Å². The van der Waals surface area contributed by atoms with Gasteiger partial charge in [0.25, 0.3) is 0 Å². The van der Waals surface area contributed by atoms with Crippen LogP contribution in [0.25, 0.3) is 44.7 Å². The fourth-order valence-electron chi connectivity index (χ4n) is 4.24. The molecule has 0 aliphatic heterocycles. The number of pyridine rings is 2. The number of allylic oxidation sites excluding steroid dienone is 2. The van der Waals surface area contributed by atoms with Crippen LogP contribution in [-0.2, 0) is 11.2 Å². The number of aliphatic imine (C=N–C) groups is 1. The van der Waals surface area contributed by atoms with Crippen LogP contribution in [0.4, 0.5) is 0 Å². The molecule has 9 nitrogen and oxygen atoms in total. The van der Waals surface area contributed by atoms with E-state index in [1.165, 1.54) is 0 Å². The van der Waals surface area contributed by atoms with E-state index in [0.717, 1.165) is 57.3 Å². The Labute approximate surface area is 220 Å². The van der Waals surface area contributed by atoms with Gasteiger partial charge in [0.05, 0.1) is 28.6 Å². The second kappa shape index (κ2) is 11.6. The molecule has 5 rings (SSSR count). The van der Waals surface area contributed by atoms with E-state index in [2.05, 4.69) is 54.5 Å². The third-order valence-corrected chi connectivity index (χ3v) is 6.20. The number of nitrogens with zero attached hydrogens (tertiary/aromatic N) is 5. The molecule has 0 bridgehead atoms. The number of amides is 1. The minimum absolute atomic E-state index is 0.0117. The lowest BCUT2D eigenvalue weighted by Gasteiger charge is -2.06. The molecule has 4 heterocycles. The van der Waals surface area contributed by atoms with Crippen molar-refractivity contribution >= 4 is 34.1 Å². The molecule has 0 fully saturated rings. The van der Waals surface area contributed by atoms with Crippen molar-refractivity contribution in [3.8, 4) is 22.8 Å². The average molecular weight is 507 g/mol. The van der Waals surface area contributed by atoms with Gasteiger partial charge in [-0.3, -0.25) is 24.9 Å². The number of hydrogen-bond donors (Lipinski definition) is 3. The van der Waals surface area contributed by atoms with Gasteiger partial charge in [-0.1, -0.05) is 31.6 Å². The Bertz CT molecular complexity index is 1610. The van der Waals surface area contributed by atoms with Crippen LogP contribution < -0.4 is 5.32 Å². The predicted octanol–water partition coefficient (Wildman–Crippen LogP) is 5.39. The molecular formula is C29H30N8O. The Balaban J connectivity index is 1.45. The minimum atomic E-state index is 0.0117. The number of rotatable bonds is 10. The van der Waals surface area contributed by atoms with E-state index >= 15 is 0 Å². The average Bonchev–Trinajstić information content (AvgIpc) is 3.57. The standard InChI is InChI=1S/C29H30N8O/c1-3-5-9-26(38)33-20(16-30-4-2)12-10-19-11-13-24-21(15-19)28(37-36-24)29-34-25-18-31-17-22(27(25)35-29)23-8-6-7-14-32-23/h6-8,11-18H,3-5,9-10H2,1-2H3,(H,33,38)(H,34,35)(H,36,37)/b20-12+,30-16?. The summed E-state index contributed by atoms with van der Waals surface area (Å²) in [5.74, 6) is 0.667. The Morgan fingerprint density at radius 1 is 1.13 bits per heavy atom. The third-order valence-electron chi connectivity index (χ3n) is 6.20. The van der Waals surface area contributed by atoms with Crippen LogP contribution >= 0.6 is 0 Å². The maximum absolute atomic E-state index is 12.3. The van der Waals surface area contributed by atoms with Crippen LogP contribution in [0.5, 0.6) is 0 Å². The molecule has 0 aliphatic carbocycles. The lowest BCUT2D eigenvalue weighted by molar-refractivity contribution is -0.120. The molecule has 192 valence electrons. The number of carbonyl (C=O) groups is 1. The maximum Gasteiger partial charge on any atom is 0.224 e. The Kier molecular flexibility index (Phi) is 7.63. The van der Waals surface area contributed by atoms with E-state index in [4.69, 9.17) is 4.98 Å². The number of unbranched alkanes of at least 4 members (excludes halogenated alkanes) is 1. The number of benzene rings is 1. The smallest absolute Gasteiger partial charge is 0.224 e. The number of aromatic nitrogens is 6. The van der Waals surface area contributed by atoms with Crippen molar-refractivity contribution in [3.05, 3.63) is 72.3 Å². The van der Waals surface area contributed by atoms with Crippen molar-refractivity contribution in [1.29, 1.82) is 0 Å². The number of carbonyl (C=O) groups excluding carboxylic acids is 1. The Hall–Kier alpha value is -4.66. The maximum atomic E-state index is 12.3. The number of aromatic amines is 2. The fraction of sp³-hybridized carbons (Fsp3) is 0.241. The molecule has 1 amide bonds. The van der Waals surface area contributed by atoms with Gasteiger partial charge in [-0.2, -0.15) is 5.10 Å². The second-order valence-electron chi connectivity index (χ2n) is 8.98. The molecule has 1 aromatic carbocycles. The molecule has 5 aromatic rings. The van der Waals surface area contributed by atoms with Gasteiger partial charge in [-0.25, -0.2) is 4.98 Å². The fourth-order valence-corrected chi connectivity index (χ4v) is 4.24. The molecule has 38 heavy (non-hydrogen) atoms. The molecular weight excluding hydrogens is 476 g/mol. The summed E-state index contributed by atoms with van der Waals surface area (Å²) in [5, 5.41) is 11.6. The van der Waals surface area contributed by atoms with Gasteiger partial charge < -0.3 is 10.3 Å². The van der Waals surface area contributed by atoms with Crippen LogP contribution in [-0.4, -0.2) is 48.8 Å². The summed E-state index contributed by atoms with van der Waals surface area (Å²) in [6.07, 6.45) is 12.0. The van der Waals surface area contributed by atoms with Gasteiger partial charge in [0.1, 0.15) is 11.2 Å². The van der Waals surface area contributed by atoms with Gasteiger partial charge in [0.2, 0.25) is 5.91 Å². The summed E-state index contributed by atoms with van der Waals surface area (Å²) in [7, 11) is 0. The highest BCUT2D eigenvalue weighted by atomic mass is 16.1. The second-order valence-corrected chi connectivity index (χ2v) is 8.98. The van der Waals surface area contributed by atoms with Crippen molar-refractivity contribution < 1.29 is 4.79 Å². The summed E-state index contributed by atoms with van der Waals surface area (Å²) in [4.78, 5) is 33.7. The van der Waals surface area contributed by atoms with Gasteiger partial charge in [-0.05, 0) is 49.6 Å². The minimum Gasteiger partial charge on any atom is -0.335 e. The van der Waals surface area contributed by atoms with Crippen molar-refractivity contribution in [3.63, 3.8) is 0 Å². The van der Waals surface area contributed by atoms with Crippen LogP contribution in [0, 0.1) is 0 Å². The molecule has 0 atom stereocenters. The summed E-state index contributed by atoms with van der Waals surface area (Å²) >= 11 is 0. The molecule has 0 saturated heterocycles. The van der Waals surface area contributed by atoms with Crippen LogP contribution in [0.15, 0.2) is 71.8 Å². The van der Waals surface area contributed by atoms with Crippen molar-refractivity contribution in [2.45, 2.75) is 39.5 Å². The molecule has 9 heteroatoms. The zero-order valence-corrected chi connectivity index (χ0v) is 21.5. The first kappa shape index (κ1) is 25.0. The largest absolute Gasteiger partial charge is 0.335 e. The summed E-state index contributed by atoms with van der Waals surface area (Å²) < 4.78 is 0. The highest BCUT2D eigenvalue weighted by molar-refractivity contribution is 5.96. The first-order valence-corrected chi connectivity index (χ1v) is 12.9. The van der Waals surface area contributed by atoms with E-state index in [9.17, 15) is 4.79 Å². The summed E-state index contributed by atoms with van der Waals surface area (Å²) in [5.41, 5.74) is 6.73. The molecule has 0 spiro atoms. The van der Waals surface area contributed by atoms with Gasteiger partial charge in [-0.15, -0.1) is 0 Å². The highest BCUT2D eigenvalue weighted by Gasteiger charge is 2.16. The van der Waals surface area contributed by atoms with E-state index < -0.39 is 0 Å². The first-order chi connectivity index (χ1) is 18.7. The first-order valence-electron chi connectivity index (χ1n) is 12.9. The molecule has 0 unspecified atom stereocenters. The van der Waals surface area contributed by atoms with E-state index in [0.29, 0.717) is 30.9 Å². The zero-order valence-electron chi connectivity index (χ0n) is 21.5. The molecule has 0 radical (unpaired) electrons. The third kappa shape index (κ3) is 5.51. The molecule has 0 aliphatic rings. The highest BCUT2D eigenvalue weighted by Crippen LogP contribution is 2.30. The number of H-pyrrole nitrogens is 2. The van der Waals surface area contributed by atoms with E-state index in [1.54, 1.807) is 24.8 Å². The van der Waals surface area contributed by atoms with Crippen molar-refractivity contribution in [2.75, 3.05) is 6.54 Å². The topological polar surface area (TPSA) is 125 Å². The number of nitrogens with one attached hydrogen (secondary N) is 3. The predicted molar refractivity (Wildman–Crippen MR) is 151 cm³/mol. The molecule has 3 N–H and O–H groups in total.